The molecule has 1 heterocycles. The first-order chi connectivity index (χ1) is 9.17. The molecular weight excluding hydrogens is 242 g/mol. The molecule has 0 radical (unpaired) electrons. The van der Waals surface area contributed by atoms with Gasteiger partial charge in [-0.3, -0.25) is 4.79 Å². The quantitative estimate of drug-likeness (QED) is 0.763. The molecule has 0 aliphatic carbocycles. The number of nitrogens with zero attached hydrogens (tertiary/aromatic N) is 1. The minimum atomic E-state index is -0.512. The Morgan fingerprint density at radius 2 is 2.11 bits per heavy atom. The van der Waals surface area contributed by atoms with Crippen LogP contribution in [0.5, 0.6) is 0 Å². The van der Waals surface area contributed by atoms with Crippen LogP contribution < -0.4 is 10.6 Å². The highest BCUT2D eigenvalue weighted by atomic mass is 16.3. The fraction of sp³-hybridized carbons (Fsp3) is 0.214. The molecule has 5 nitrogen and oxygen atoms in total. The van der Waals surface area contributed by atoms with Crippen LogP contribution in [0.1, 0.15) is 5.56 Å². The summed E-state index contributed by atoms with van der Waals surface area (Å²) in [7, 11) is 1.98. The number of rotatable bonds is 5. The van der Waals surface area contributed by atoms with E-state index in [0.29, 0.717) is 5.69 Å². The van der Waals surface area contributed by atoms with E-state index >= 15 is 0 Å². The van der Waals surface area contributed by atoms with Crippen LogP contribution >= 0.6 is 0 Å². The Labute approximate surface area is 111 Å². The van der Waals surface area contributed by atoms with E-state index in [1.54, 1.807) is 6.07 Å². The van der Waals surface area contributed by atoms with Crippen molar-refractivity contribution in [2.75, 3.05) is 17.2 Å². The lowest BCUT2D eigenvalue weighted by Crippen LogP contribution is -2.15. The number of hydrogen-bond donors (Lipinski definition) is 3. The Kier molecular flexibility index (Phi) is 4.20. The van der Waals surface area contributed by atoms with Crippen molar-refractivity contribution in [2.45, 2.75) is 6.54 Å². The van der Waals surface area contributed by atoms with Crippen molar-refractivity contribution in [3.05, 3.63) is 48.3 Å². The molecule has 3 N–H and O–H groups in total. The number of hydrogen-bond acceptors (Lipinski definition) is 3. The van der Waals surface area contributed by atoms with Gasteiger partial charge in [0.25, 0.3) is 0 Å². The third kappa shape index (κ3) is 3.86. The minimum Gasteiger partial charge on any atom is -0.387 e. The van der Waals surface area contributed by atoms with Gasteiger partial charge in [-0.15, -0.1) is 0 Å². The van der Waals surface area contributed by atoms with Gasteiger partial charge in [0.05, 0.1) is 0 Å². The van der Waals surface area contributed by atoms with Gasteiger partial charge in [-0.05, 0) is 29.8 Å². The molecule has 0 spiro atoms. The number of nitrogens with one attached hydrogen (secondary N) is 2. The summed E-state index contributed by atoms with van der Waals surface area (Å²) in [6, 6.07) is 9.43. The topological polar surface area (TPSA) is 66.3 Å². The number of carbonyl (C=O) groups is 1. The molecule has 2 aromatic rings. The lowest BCUT2D eigenvalue weighted by molar-refractivity contribution is -0.118. The lowest BCUT2D eigenvalue weighted by Gasteiger charge is -2.08. The molecule has 2 rings (SSSR count). The van der Waals surface area contributed by atoms with Crippen molar-refractivity contribution in [2.24, 2.45) is 7.05 Å². The van der Waals surface area contributed by atoms with Crippen molar-refractivity contribution in [3.8, 4) is 0 Å². The number of carbonyl (C=O) groups excluding carboxylic acids is 1. The SMILES string of the molecule is Cn1ccc(CNc2cccc(NC(=O)CO)c2)c1. The van der Waals surface area contributed by atoms with E-state index in [2.05, 4.69) is 10.6 Å². The molecule has 0 unspecified atom stereocenters. The molecule has 1 aromatic carbocycles. The normalized spacial score (nSPS) is 10.2. The molecule has 1 amide bonds. The number of benzene rings is 1. The summed E-state index contributed by atoms with van der Waals surface area (Å²) < 4.78 is 1.99. The van der Waals surface area contributed by atoms with Gasteiger partial charge in [0.2, 0.25) is 5.91 Å². The molecule has 0 fully saturated rings. The fourth-order valence-electron chi connectivity index (χ4n) is 1.78. The summed E-state index contributed by atoms with van der Waals surface area (Å²) in [6.45, 7) is 0.208. The Hall–Kier alpha value is -2.27. The zero-order chi connectivity index (χ0) is 13.7. The third-order valence-electron chi connectivity index (χ3n) is 2.68. The average molecular weight is 259 g/mol. The van der Waals surface area contributed by atoms with E-state index < -0.39 is 12.5 Å². The molecule has 0 bridgehead atoms. The minimum absolute atomic E-state index is 0.416. The summed E-state index contributed by atoms with van der Waals surface area (Å²) >= 11 is 0. The number of aromatic nitrogens is 1. The molecule has 0 aliphatic rings. The van der Waals surface area contributed by atoms with E-state index in [0.717, 1.165) is 12.2 Å². The monoisotopic (exact) mass is 259 g/mol. The van der Waals surface area contributed by atoms with E-state index in [4.69, 9.17) is 5.11 Å². The van der Waals surface area contributed by atoms with Gasteiger partial charge >= 0.3 is 0 Å². The zero-order valence-corrected chi connectivity index (χ0v) is 10.8. The molecule has 1 aromatic heterocycles. The molecule has 0 saturated carbocycles. The van der Waals surface area contributed by atoms with Crippen LogP contribution in [0.25, 0.3) is 0 Å². The van der Waals surface area contributed by atoms with Crippen molar-refractivity contribution < 1.29 is 9.90 Å². The van der Waals surface area contributed by atoms with Crippen LogP contribution in [-0.4, -0.2) is 22.2 Å². The Balaban J connectivity index is 1.97. The molecule has 19 heavy (non-hydrogen) atoms. The first-order valence-corrected chi connectivity index (χ1v) is 6.03. The predicted molar refractivity (Wildman–Crippen MR) is 74.9 cm³/mol. The highest BCUT2D eigenvalue weighted by Gasteiger charge is 2.01. The second kappa shape index (κ2) is 6.06. The van der Waals surface area contributed by atoms with Gasteiger partial charge in [0, 0.05) is 37.4 Å². The molecular formula is C14H17N3O2. The summed E-state index contributed by atoms with van der Waals surface area (Å²) in [5.41, 5.74) is 2.77. The highest BCUT2D eigenvalue weighted by Crippen LogP contribution is 2.16. The number of anilines is 2. The van der Waals surface area contributed by atoms with E-state index in [1.807, 2.05) is 48.3 Å². The molecule has 100 valence electrons. The molecule has 0 aliphatic heterocycles. The van der Waals surface area contributed by atoms with Crippen molar-refractivity contribution >= 4 is 17.3 Å². The number of aliphatic hydroxyl groups excluding tert-OH is 1. The van der Waals surface area contributed by atoms with E-state index in [-0.39, 0.29) is 0 Å². The highest BCUT2D eigenvalue weighted by molar-refractivity contribution is 5.91. The van der Waals surface area contributed by atoms with Crippen LogP contribution in [0, 0.1) is 0 Å². The maximum absolute atomic E-state index is 11.1. The second-order valence-electron chi connectivity index (χ2n) is 4.33. The summed E-state index contributed by atoms with van der Waals surface area (Å²) in [5, 5.41) is 14.6. The summed E-state index contributed by atoms with van der Waals surface area (Å²) in [6.07, 6.45) is 4.04. The third-order valence-corrected chi connectivity index (χ3v) is 2.68. The Bertz CT molecular complexity index is 563. The Morgan fingerprint density at radius 1 is 1.32 bits per heavy atom. The van der Waals surface area contributed by atoms with E-state index in [1.165, 1.54) is 5.56 Å². The van der Waals surface area contributed by atoms with Gasteiger partial charge < -0.3 is 20.3 Å². The number of amides is 1. The summed E-state index contributed by atoms with van der Waals surface area (Å²) in [4.78, 5) is 11.1. The van der Waals surface area contributed by atoms with Crippen LogP contribution in [0.2, 0.25) is 0 Å². The largest absolute Gasteiger partial charge is 0.387 e. The summed E-state index contributed by atoms with van der Waals surface area (Å²) in [5.74, 6) is -0.416. The number of aryl methyl sites for hydroxylation is 1. The van der Waals surface area contributed by atoms with Crippen molar-refractivity contribution in [1.29, 1.82) is 0 Å². The van der Waals surface area contributed by atoms with E-state index in [9.17, 15) is 4.79 Å². The predicted octanol–water partition coefficient (Wildman–Crippen LogP) is 1.57. The molecule has 0 saturated heterocycles. The smallest absolute Gasteiger partial charge is 0.250 e. The first kappa shape index (κ1) is 13.2. The maximum Gasteiger partial charge on any atom is 0.250 e. The maximum atomic E-state index is 11.1. The van der Waals surface area contributed by atoms with Gasteiger partial charge in [-0.25, -0.2) is 0 Å². The number of aliphatic hydroxyl groups is 1. The fourth-order valence-corrected chi connectivity index (χ4v) is 1.78. The van der Waals surface area contributed by atoms with Crippen LogP contribution in [-0.2, 0) is 18.4 Å². The second-order valence-corrected chi connectivity index (χ2v) is 4.33. The lowest BCUT2D eigenvalue weighted by atomic mass is 10.2. The van der Waals surface area contributed by atoms with Gasteiger partial charge in [-0.2, -0.15) is 0 Å². The average Bonchev–Trinajstić information content (AvgIpc) is 2.82. The standard InChI is InChI=1S/C14H17N3O2/c1-17-6-5-11(9-17)8-15-12-3-2-4-13(7-12)16-14(19)10-18/h2-7,9,15,18H,8,10H2,1H3,(H,16,19). The van der Waals surface area contributed by atoms with Crippen LogP contribution in [0.15, 0.2) is 42.7 Å². The first-order valence-electron chi connectivity index (χ1n) is 6.03. The van der Waals surface area contributed by atoms with Crippen LogP contribution in [0.3, 0.4) is 0 Å². The zero-order valence-electron chi connectivity index (χ0n) is 10.8. The van der Waals surface area contributed by atoms with Gasteiger partial charge in [0.15, 0.2) is 0 Å². The van der Waals surface area contributed by atoms with Crippen molar-refractivity contribution in [3.63, 3.8) is 0 Å². The van der Waals surface area contributed by atoms with Gasteiger partial charge in [-0.1, -0.05) is 6.07 Å². The molecule has 5 heteroatoms. The van der Waals surface area contributed by atoms with Crippen molar-refractivity contribution in [1.82, 2.24) is 4.57 Å². The molecule has 0 atom stereocenters. The van der Waals surface area contributed by atoms with Gasteiger partial charge in [0.1, 0.15) is 6.61 Å². The Morgan fingerprint density at radius 3 is 2.79 bits per heavy atom. The van der Waals surface area contributed by atoms with Crippen LogP contribution in [0.4, 0.5) is 11.4 Å².